The largest absolute Gasteiger partial charge is 0.338 e. The number of hydrogen-bond donors (Lipinski definition) is 1. The molecule has 3 nitrogen and oxygen atoms in total. The van der Waals surface area contributed by atoms with Crippen molar-refractivity contribution in [3.8, 4) is 10.4 Å². The second kappa shape index (κ2) is 7.16. The molecule has 1 fully saturated rings. The summed E-state index contributed by atoms with van der Waals surface area (Å²) >= 11 is 5.01. The van der Waals surface area contributed by atoms with E-state index >= 15 is 0 Å². The minimum absolute atomic E-state index is 0.142. The summed E-state index contributed by atoms with van der Waals surface area (Å²) in [6, 6.07) is 12.3. The standard InChI is InChI=1S/C18H21BrN2OS/c1-12(20)14-3-2-10-21(11-14)18(22)17-9-8-16(23-17)13-4-6-15(19)7-5-13/h4-9,12,14H,2-3,10-11,20H2,1H3. The molecule has 2 atom stereocenters. The number of halogens is 1. The van der Waals surface area contributed by atoms with Gasteiger partial charge in [0.05, 0.1) is 4.88 Å². The van der Waals surface area contributed by atoms with Crippen LogP contribution in [0.4, 0.5) is 0 Å². The number of thiophene rings is 1. The summed E-state index contributed by atoms with van der Waals surface area (Å²) in [5.41, 5.74) is 7.16. The zero-order valence-corrected chi connectivity index (χ0v) is 15.6. The maximum atomic E-state index is 12.8. The quantitative estimate of drug-likeness (QED) is 0.842. The summed E-state index contributed by atoms with van der Waals surface area (Å²) in [6.07, 6.45) is 2.17. The Balaban J connectivity index is 1.74. The zero-order valence-electron chi connectivity index (χ0n) is 13.2. The average Bonchev–Trinajstić information content (AvgIpc) is 3.05. The van der Waals surface area contributed by atoms with E-state index in [0.29, 0.717) is 5.92 Å². The maximum absolute atomic E-state index is 12.8. The van der Waals surface area contributed by atoms with Crippen LogP contribution in [0.25, 0.3) is 10.4 Å². The second-order valence-electron chi connectivity index (χ2n) is 6.18. The molecule has 5 heteroatoms. The number of carbonyl (C=O) groups is 1. The highest BCUT2D eigenvalue weighted by atomic mass is 79.9. The third-order valence-corrected chi connectivity index (χ3v) is 6.09. The normalized spacial score (nSPS) is 19.6. The number of amides is 1. The molecule has 122 valence electrons. The molecule has 1 aliphatic rings. The van der Waals surface area contributed by atoms with E-state index in [4.69, 9.17) is 5.73 Å². The van der Waals surface area contributed by atoms with E-state index in [2.05, 4.69) is 28.1 Å². The first-order valence-electron chi connectivity index (χ1n) is 7.95. The van der Waals surface area contributed by atoms with Crippen LogP contribution in [-0.4, -0.2) is 29.9 Å². The van der Waals surface area contributed by atoms with E-state index in [0.717, 1.165) is 45.7 Å². The van der Waals surface area contributed by atoms with Gasteiger partial charge < -0.3 is 10.6 Å². The van der Waals surface area contributed by atoms with E-state index in [1.807, 2.05) is 36.1 Å². The number of piperidine rings is 1. The lowest BCUT2D eigenvalue weighted by molar-refractivity contribution is 0.0666. The number of rotatable bonds is 3. The van der Waals surface area contributed by atoms with Crippen molar-refractivity contribution in [2.75, 3.05) is 13.1 Å². The highest BCUT2D eigenvalue weighted by Crippen LogP contribution is 2.30. The zero-order chi connectivity index (χ0) is 16.4. The molecule has 2 aromatic rings. The summed E-state index contributed by atoms with van der Waals surface area (Å²) < 4.78 is 1.06. The Kier molecular flexibility index (Phi) is 5.19. The van der Waals surface area contributed by atoms with Crippen LogP contribution in [0, 0.1) is 5.92 Å². The molecule has 23 heavy (non-hydrogen) atoms. The first-order chi connectivity index (χ1) is 11.0. The van der Waals surface area contributed by atoms with E-state index in [9.17, 15) is 4.79 Å². The molecule has 0 spiro atoms. The van der Waals surface area contributed by atoms with Gasteiger partial charge in [0.15, 0.2) is 0 Å². The number of nitrogens with two attached hydrogens (primary N) is 1. The van der Waals surface area contributed by atoms with Gasteiger partial charge in [-0.15, -0.1) is 11.3 Å². The highest BCUT2D eigenvalue weighted by Gasteiger charge is 2.27. The van der Waals surface area contributed by atoms with E-state index in [1.165, 1.54) is 0 Å². The first kappa shape index (κ1) is 16.7. The van der Waals surface area contributed by atoms with Gasteiger partial charge in [-0.05, 0) is 55.5 Å². The number of likely N-dealkylation sites (tertiary alicyclic amines) is 1. The fourth-order valence-electron chi connectivity index (χ4n) is 3.00. The summed E-state index contributed by atoms with van der Waals surface area (Å²) in [6.45, 7) is 3.66. The van der Waals surface area contributed by atoms with Crippen molar-refractivity contribution < 1.29 is 4.79 Å². The van der Waals surface area contributed by atoms with Crippen molar-refractivity contribution in [1.82, 2.24) is 4.90 Å². The van der Waals surface area contributed by atoms with Crippen molar-refractivity contribution in [2.24, 2.45) is 11.7 Å². The Morgan fingerprint density at radius 1 is 1.30 bits per heavy atom. The SMILES string of the molecule is CC(N)C1CCCN(C(=O)c2ccc(-c3ccc(Br)cc3)s2)C1. The van der Waals surface area contributed by atoms with E-state index in [1.54, 1.807) is 11.3 Å². The third kappa shape index (κ3) is 3.84. The van der Waals surface area contributed by atoms with E-state index in [-0.39, 0.29) is 11.9 Å². The molecule has 1 amide bonds. The van der Waals surface area contributed by atoms with Crippen molar-refractivity contribution in [1.29, 1.82) is 0 Å². The lowest BCUT2D eigenvalue weighted by Gasteiger charge is -2.34. The van der Waals surface area contributed by atoms with Crippen LogP contribution >= 0.6 is 27.3 Å². The first-order valence-corrected chi connectivity index (χ1v) is 9.56. The molecule has 3 rings (SSSR count). The monoisotopic (exact) mass is 392 g/mol. The fraction of sp³-hybridized carbons (Fsp3) is 0.389. The molecule has 0 radical (unpaired) electrons. The Bertz CT molecular complexity index is 681. The predicted octanol–water partition coefficient (Wildman–Crippen LogP) is 4.38. The van der Waals surface area contributed by atoms with Gasteiger partial charge in [0.1, 0.15) is 0 Å². The molecule has 2 N–H and O–H groups in total. The highest BCUT2D eigenvalue weighted by molar-refractivity contribution is 9.10. The molecular formula is C18H21BrN2OS. The number of carbonyl (C=O) groups excluding carboxylic acids is 1. The van der Waals surface area contributed by atoms with Crippen LogP contribution in [0.15, 0.2) is 40.9 Å². The Morgan fingerprint density at radius 2 is 2.04 bits per heavy atom. The van der Waals surface area contributed by atoms with Crippen LogP contribution in [0.5, 0.6) is 0 Å². The van der Waals surface area contributed by atoms with Crippen LogP contribution in [0.3, 0.4) is 0 Å². The van der Waals surface area contributed by atoms with Gasteiger partial charge in [0, 0.05) is 28.5 Å². The molecule has 0 bridgehead atoms. The van der Waals surface area contributed by atoms with Crippen LogP contribution in [0.1, 0.15) is 29.4 Å². The lowest BCUT2D eigenvalue weighted by atomic mass is 9.92. The topological polar surface area (TPSA) is 46.3 Å². The fourth-order valence-corrected chi connectivity index (χ4v) is 4.25. The van der Waals surface area contributed by atoms with E-state index < -0.39 is 0 Å². The second-order valence-corrected chi connectivity index (χ2v) is 8.18. The average molecular weight is 393 g/mol. The van der Waals surface area contributed by atoms with Crippen molar-refractivity contribution in [2.45, 2.75) is 25.8 Å². The summed E-state index contributed by atoms with van der Waals surface area (Å²) in [4.78, 5) is 16.7. The van der Waals surface area contributed by atoms with Crippen LogP contribution in [0.2, 0.25) is 0 Å². The van der Waals surface area contributed by atoms with Gasteiger partial charge in [0.2, 0.25) is 0 Å². The maximum Gasteiger partial charge on any atom is 0.263 e. The molecule has 1 saturated heterocycles. The molecule has 0 saturated carbocycles. The van der Waals surface area contributed by atoms with Crippen molar-refractivity contribution in [3.63, 3.8) is 0 Å². The summed E-state index contributed by atoms with van der Waals surface area (Å²) in [5, 5.41) is 0. The smallest absolute Gasteiger partial charge is 0.263 e. The van der Waals surface area contributed by atoms with Gasteiger partial charge in [-0.2, -0.15) is 0 Å². The summed E-state index contributed by atoms with van der Waals surface area (Å²) in [7, 11) is 0. The van der Waals surface area contributed by atoms with Gasteiger partial charge in [-0.1, -0.05) is 28.1 Å². The molecule has 1 aromatic carbocycles. The number of nitrogens with zero attached hydrogens (tertiary/aromatic N) is 1. The van der Waals surface area contributed by atoms with Gasteiger partial charge >= 0.3 is 0 Å². The Labute approximate surface area is 149 Å². The molecule has 1 aromatic heterocycles. The minimum atomic E-state index is 0.142. The van der Waals surface area contributed by atoms with Gasteiger partial charge in [-0.3, -0.25) is 4.79 Å². The van der Waals surface area contributed by atoms with Crippen LogP contribution in [-0.2, 0) is 0 Å². The number of hydrogen-bond acceptors (Lipinski definition) is 3. The minimum Gasteiger partial charge on any atom is -0.338 e. The van der Waals surface area contributed by atoms with Crippen molar-refractivity contribution in [3.05, 3.63) is 45.7 Å². The Morgan fingerprint density at radius 3 is 2.74 bits per heavy atom. The van der Waals surface area contributed by atoms with Crippen LogP contribution < -0.4 is 5.73 Å². The lowest BCUT2D eigenvalue weighted by Crippen LogP contribution is -2.44. The predicted molar refractivity (Wildman–Crippen MR) is 99.7 cm³/mol. The van der Waals surface area contributed by atoms with Crippen molar-refractivity contribution >= 4 is 33.2 Å². The number of benzene rings is 1. The summed E-state index contributed by atoms with van der Waals surface area (Å²) in [5.74, 6) is 0.558. The molecular weight excluding hydrogens is 372 g/mol. The van der Waals surface area contributed by atoms with Gasteiger partial charge in [-0.25, -0.2) is 0 Å². The molecule has 2 heterocycles. The molecule has 2 unspecified atom stereocenters. The third-order valence-electron chi connectivity index (χ3n) is 4.43. The Hall–Kier alpha value is -1.17. The molecule has 0 aliphatic carbocycles. The van der Waals surface area contributed by atoms with Gasteiger partial charge in [0.25, 0.3) is 5.91 Å². The molecule has 1 aliphatic heterocycles.